The second kappa shape index (κ2) is 7.55. The maximum Gasteiger partial charge on any atom is 0.243 e. The minimum Gasteiger partial charge on any atom is -0.497 e. The molecule has 1 fully saturated rings. The van der Waals surface area contributed by atoms with Crippen molar-refractivity contribution in [1.82, 2.24) is 14.2 Å². The molecule has 0 N–H and O–H groups in total. The molecule has 3 aromatic rings. The fourth-order valence-corrected chi connectivity index (χ4v) is 5.64. The molecular weight excluding hydrogens is 382 g/mol. The number of para-hydroxylation sites is 1. The van der Waals surface area contributed by atoms with Crippen molar-refractivity contribution in [2.75, 3.05) is 33.3 Å². The Bertz CT molecular complexity index is 991. The zero-order valence-corrected chi connectivity index (χ0v) is 16.7. The number of fused-ring (bicyclic) bond motifs is 1. The van der Waals surface area contributed by atoms with E-state index in [1.165, 1.54) is 4.70 Å². The van der Waals surface area contributed by atoms with Crippen LogP contribution < -0.4 is 4.74 Å². The number of ether oxygens (including phenoxy) is 1. The van der Waals surface area contributed by atoms with Gasteiger partial charge in [-0.15, -0.1) is 11.3 Å². The van der Waals surface area contributed by atoms with Gasteiger partial charge in [0.05, 0.1) is 28.8 Å². The third-order valence-electron chi connectivity index (χ3n) is 4.73. The van der Waals surface area contributed by atoms with E-state index in [-0.39, 0.29) is 0 Å². The Morgan fingerprint density at radius 3 is 2.41 bits per heavy atom. The summed E-state index contributed by atoms with van der Waals surface area (Å²) in [6.45, 7) is 3.13. The zero-order valence-electron chi connectivity index (χ0n) is 15.0. The standard InChI is InChI=1S/C19H21N3O3S2/c1-25-15-6-8-16(9-7-15)27(23,24)22-12-10-21(11-13-22)14-19-20-17-4-2-3-5-18(17)26-19/h2-9H,10-14H2,1H3. The molecule has 0 unspecified atom stereocenters. The van der Waals surface area contributed by atoms with Crippen LogP contribution in [0.25, 0.3) is 10.2 Å². The first-order chi connectivity index (χ1) is 13.1. The van der Waals surface area contributed by atoms with E-state index in [2.05, 4.69) is 16.0 Å². The SMILES string of the molecule is COc1ccc(S(=O)(=O)N2CCN(Cc3nc4ccccc4s3)CC2)cc1. The molecule has 1 aliphatic rings. The second-order valence-corrected chi connectivity index (χ2v) is 9.48. The minimum atomic E-state index is -3.47. The molecule has 0 radical (unpaired) electrons. The lowest BCUT2D eigenvalue weighted by Crippen LogP contribution is -2.48. The van der Waals surface area contributed by atoms with Gasteiger partial charge in [-0.05, 0) is 36.4 Å². The van der Waals surface area contributed by atoms with E-state index < -0.39 is 10.0 Å². The van der Waals surface area contributed by atoms with Gasteiger partial charge in [0.1, 0.15) is 10.8 Å². The van der Waals surface area contributed by atoms with E-state index in [1.54, 1.807) is 47.0 Å². The fraction of sp³-hybridized carbons (Fsp3) is 0.316. The van der Waals surface area contributed by atoms with Crippen LogP contribution in [0.2, 0.25) is 0 Å². The van der Waals surface area contributed by atoms with Crippen LogP contribution in [0, 0.1) is 0 Å². The third kappa shape index (κ3) is 3.84. The summed E-state index contributed by atoms with van der Waals surface area (Å²) in [5.74, 6) is 0.648. The molecule has 4 rings (SSSR count). The average molecular weight is 404 g/mol. The van der Waals surface area contributed by atoms with Gasteiger partial charge in [0.2, 0.25) is 10.0 Å². The smallest absolute Gasteiger partial charge is 0.243 e. The predicted molar refractivity (Wildman–Crippen MR) is 107 cm³/mol. The van der Waals surface area contributed by atoms with Crippen LogP contribution in [0.1, 0.15) is 5.01 Å². The van der Waals surface area contributed by atoms with Gasteiger partial charge in [-0.25, -0.2) is 13.4 Å². The molecule has 0 saturated carbocycles. The summed E-state index contributed by atoms with van der Waals surface area (Å²) < 4.78 is 33.5. The van der Waals surface area contributed by atoms with Gasteiger partial charge in [0.25, 0.3) is 0 Å². The van der Waals surface area contributed by atoms with Crippen molar-refractivity contribution in [3.05, 3.63) is 53.5 Å². The Balaban J connectivity index is 1.40. The summed E-state index contributed by atoms with van der Waals surface area (Å²) in [6.07, 6.45) is 0. The van der Waals surface area contributed by atoms with Gasteiger partial charge < -0.3 is 4.74 Å². The molecule has 27 heavy (non-hydrogen) atoms. The molecule has 2 heterocycles. The van der Waals surface area contributed by atoms with E-state index >= 15 is 0 Å². The molecule has 0 atom stereocenters. The molecule has 1 aliphatic heterocycles. The topological polar surface area (TPSA) is 62.7 Å². The first-order valence-electron chi connectivity index (χ1n) is 8.77. The predicted octanol–water partition coefficient (Wildman–Crippen LogP) is 2.81. The van der Waals surface area contributed by atoms with Crippen LogP contribution in [0.5, 0.6) is 5.75 Å². The monoisotopic (exact) mass is 403 g/mol. The first kappa shape index (κ1) is 18.4. The van der Waals surface area contributed by atoms with Gasteiger partial charge in [0, 0.05) is 26.2 Å². The largest absolute Gasteiger partial charge is 0.497 e. The van der Waals surface area contributed by atoms with E-state index in [0.717, 1.165) is 17.1 Å². The Morgan fingerprint density at radius 1 is 1.04 bits per heavy atom. The van der Waals surface area contributed by atoms with Crippen LogP contribution in [-0.2, 0) is 16.6 Å². The van der Waals surface area contributed by atoms with E-state index in [4.69, 9.17) is 4.74 Å². The lowest BCUT2D eigenvalue weighted by Gasteiger charge is -2.33. The van der Waals surface area contributed by atoms with E-state index in [0.29, 0.717) is 36.8 Å². The molecule has 8 heteroatoms. The number of methoxy groups -OCH3 is 1. The van der Waals surface area contributed by atoms with Gasteiger partial charge in [-0.1, -0.05) is 12.1 Å². The second-order valence-electron chi connectivity index (χ2n) is 6.43. The zero-order chi connectivity index (χ0) is 18.9. The number of benzene rings is 2. The highest BCUT2D eigenvalue weighted by molar-refractivity contribution is 7.89. The number of thiazole rings is 1. The molecule has 0 aliphatic carbocycles. The highest BCUT2D eigenvalue weighted by Gasteiger charge is 2.28. The lowest BCUT2D eigenvalue weighted by molar-refractivity contribution is 0.181. The molecule has 0 amide bonds. The van der Waals surface area contributed by atoms with Crippen LogP contribution in [-0.4, -0.2) is 55.9 Å². The number of rotatable bonds is 5. The Kier molecular flexibility index (Phi) is 5.14. The van der Waals surface area contributed by atoms with Gasteiger partial charge >= 0.3 is 0 Å². The fourth-order valence-electron chi connectivity index (χ4n) is 3.20. The van der Waals surface area contributed by atoms with Crippen molar-refractivity contribution in [3.8, 4) is 5.75 Å². The van der Waals surface area contributed by atoms with Crippen molar-refractivity contribution in [2.24, 2.45) is 0 Å². The maximum absolute atomic E-state index is 12.8. The van der Waals surface area contributed by atoms with Crippen molar-refractivity contribution in [1.29, 1.82) is 0 Å². The molecule has 0 bridgehead atoms. The number of sulfonamides is 1. The average Bonchev–Trinajstić information content (AvgIpc) is 3.10. The Labute approximate surface area is 163 Å². The number of hydrogen-bond acceptors (Lipinski definition) is 6. The summed E-state index contributed by atoms with van der Waals surface area (Å²) in [5, 5.41) is 1.07. The quantitative estimate of drug-likeness (QED) is 0.656. The minimum absolute atomic E-state index is 0.308. The van der Waals surface area contributed by atoms with Crippen LogP contribution in [0.15, 0.2) is 53.4 Å². The Morgan fingerprint density at radius 2 is 1.74 bits per heavy atom. The Hall–Kier alpha value is -2.00. The summed E-state index contributed by atoms with van der Waals surface area (Å²) in [7, 11) is -1.90. The number of hydrogen-bond donors (Lipinski definition) is 0. The van der Waals surface area contributed by atoms with Crippen LogP contribution in [0.3, 0.4) is 0 Å². The number of piperazine rings is 1. The number of aromatic nitrogens is 1. The van der Waals surface area contributed by atoms with E-state index in [1.807, 2.05) is 18.2 Å². The van der Waals surface area contributed by atoms with Gasteiger partial charge in [-0.2, -0.15) is 4.31 Å². The highest BCUT2D eigenvalue weighted by atomic mass is 32.2. The summed E-state index contributed by atoms with van der Waals surface area (Å²) in [4.78, 5) is 7.24. The molecule has 6 nitrogen and oxygen atoms in total. The van der Waals surface area contributed by atoms with Gasteiger partial charge in [-0.3, -0.25) is 4.90 Å². The number of nitrogens with zero attached hydrogens (tertiary/aromatic N) is 3. The van der Waals surface area contributed by atoms with E-state index in [9.17, 15) is 8.42 Å². The molecule has 1 saturated heterocycles. The maximum atomic E-state index is 12.8. The molecule has 2 aromatic carbocycles. The lowest BCUT2D eigenvalue weighted by atomic mass is 10.3. The van der Waals surface area contributed by atoms with Crippen molar-refractivity contribution in [2.45, 2.75) is 11.4 Å². The van der Waals surface area contributed by atoms with Crippen LogP contribution >= 0.6 is 11.3 Å². The normalized spacial score (nSPS) is 16.6. The summed E-state index contributed by atoms with van der Waals surface area (Å²) >= 11 is 1.70. The van der Waals surface area contributed by atoms with Crippen molar-refractivity contribution >= 4 is 31.6 Å². The molecule has 0 spiro atoms. The van der Waals surface area contributed by atoms with Crippen molar-refractivity contribution < 1.29 is 13.2 Å². The van der Waals surface area contributed by atoms with Gasteiger partial charge in [0.15, 0.2) is 0 Å². The molecule has 1 aromatic heterocycles. The highest BCUT2D eigenvalue weighted by Crippen LogP contribution is 2.24. The van der Waals surface area contributed by atoms with Crippen molar-refractivity contribution in [3.63, 3.8) is 0 Å². The molecule has 142 valence electrons. The summed E-state index contributed by atoms with van der Waals surface area (Å²) in [5.41, 5.74) is 1.03. The van der Waals surface area contributed by atoms with Crippen LogP contribution in [0.4, 0.5) is 0 Å². The third-order valence-corrected chi connectivity index (χ3v) is 7.66. The first-order valence-corrected chi connectivity index (χ1v) is 11.0. The molecular formula is C19H21N3O3S2. The summed E-state index contributed by atoms with van der Waals surface area (Å²) in [6, 6.07) is 14.7.